The molecule has 0 saturated carbocycles. The molecule has 3 aromatic rings. The molecule has 0 N–H and O–H groups in total. The van der Waals surface area contributed by atoms with Crippen LogP contribution in [-0.2, 0) is 0 Å². The first-order valence-corrected chi connectivity index (χ1v) is 8.12. The number of fused-ring (bicyclic) bond motifs is 1. The summed E-state index contributed by atoms with van der Waals surface area (Å²) >= 11 is 5.93. The molecule has 1 aliphatic rings. The molecule has 0 bridgehead atoms. The summed E-state index contributed by atoms with van der Waals surface area (Å²) in [5, 5.41) is 8.52. The quantitative estimate of drug-likeness (QED) is 0.720. The molecule has 1 aliphatic heterocycles. The van der Waals surface area contributed by atoms with Crippen LogP contribution in [0.5, 0.6) is 0 Å². The predicted molar refractivity (Wildman–Crippen MR) is 92.9 cm³/mol. The van der Waals surface area contributed by atoms with Crippen LogP contribution in [0.3, 0.4) is 0 Å². The molecule has 0 unspecified atom stereocenters. The Morgan fingerprint density at radius 2 is 1.96 bits per heavy atom. The maximum absolute atomic E-state index is 12.7. The number of hydrogen-bond acceptors (Lipinski definition) is 3. The van der Waals surface area contributed by atoms with Gasteiger partial charge in [0, 0.05) is 24.3 Å². The van der Waals surface area contributed by atoms with E-state index in [0.29, 0.717) is 18.7 Å². The molecular weight excluding hydrogens is 324 g/mol. The maximum atomic E-state index is 12.7. The van der Waals surface area contributed by atoms with E-state index in [0.717, 1.165) is 22.7 Å². The maximum Gasteiger partial charge on any atom is 0.255 e. The van der Waals surface area contributed by atoms with Crippen LogP contribution in [0.4, 0.5) is 0 Å². The number of benzene rings is 1. The van der Waals surface area contributed by atoms with Crippen molar-refractivity contribution in [3.8, 4) is 0 Å². The summed E-state index contributed by atoms with van der Waals surface area (Å²) in [6.45, 7) is 1.31. The Kier molecular flexibility index (Phi) is 3.78. The number of aromatic nitrogens is 3. The number of rotatable bonds is 2. The van der Waals surface area contributed by atoms with Gasteiger partial charge >= 0.3 is 0 Å². The molecule has 0 fully saturated rings. The second-order valence-corrected chi connectivity index (χ2v) is 6.19. The molecule has 0 aliphatic carbocycles. The molecule has 1 aromatic carbocycles. The molecule has 0 atom stereocenters. The summed E-state index contributed by atoms with van der Waals surface area (Å²) in [4.78, 5) is 14.5. The van der Waals surface area contributed by atoms with E-state index in [1.165, 1.54) is 5.57 Å². The van der Waals surface area contributed by atoms with E-state index >= 15 is 0 Å². The summed E-state index contributed by atoms with van der Waals surface area (Å²) in [7, 11) is 0. The van der Waals surface area contributed by atoms with Gasteiger partial charge in [0.2, 0.25) is 0 Å². The van der Waals surface area contributed by atoms with Gasteiger partial charge < -0.3 is 4.90 Å². The van der Waals surface area contributed by atoms with Crippen LogP contribution in [0.1, 0.15) is 22.3 Å². The van der Waals surface area contributed by atoms with Crippen LogP contribution in [-0.4, -0.2) is 38.5 Å². The molecular formula is C18H15ClN4O. The average molecular weight is 339 g/mol. The lowest BCUT2D eigenvalue weighted by atomic mass is 9.99. The Labute approximate surface area is 144 Å². The van der Waals surface area contributed by atoms with Crippen molar-refractivity contribution in [2.45, 2.75) is 6.42 Å². The normalized spacial score (nSPS) is 14.7. The van der Waals surface area contributed by atoms with Gasteiger partial charge in [-0.2, -0.15) is 0 Å². The third kappa shape index (κ3) is 2.78. The first-order valence-electron chi connectivity index (χ1n) is 7.74. The number of carbonyl (C=O) groups excluding carboxylic acids is 1. The van der Waals surface area contributed by atoms with Gasteiger partial charge in [-0.25, -0.2) is 0 Å². The van der Waals surface area contributed by atoms with Gasteiger partial charge in [-0.05, 0) is 41.8 Å². The van der Waals surface area contributed by atoms with E-state index in [4.69, 9.17) is 11.6 Å². The highest BCUT2D eigenvalue weighted by molar-refractivity contribution is 6.30. The SMILES string of the molecule is O=C(c1ccc2nncn2c1)N1CC=C(c2ccc(Cl)cc2)CC1. The van der Waals surface area contributed by atoms with Crippen molar-refractivity contribution in [1.82, 2.24) is 19.5 Å². The third-order valence-electron chi connectivity index (χ3n) is 4.25. The number of hydrogen-bond donors (Lipinski definition) is 0. The van der Waals surface area contributed by atoms with Gasteiger partial charge in [-0.15, -0.1) is 10.2 Å². The van der Waals surface area contributed by atoms with Crippen molar-refractivity contribution >= 4 is 28.7 Å². The van der Waals surface area contributed by atoms with E-state index in [1.54, 1.807) is 29.1 Å². The fourth-order valence-corrected chi connectivity index (χ4v) is 3.04. The van der Waals surface area contributed by atoms with Crippen LogP contribution in [0.2, 0.25) is 5.02 Å². The molecule has 120 valence electrons. The second kappa shape index (κ2) is 6.09. The molecule has 0 radical (unpaired) electrons. The average Bonchev–Trinajstić information content (AvgIpc) is 3.09. The van der Waals surface area contributed by atoms with Crippen molar-refractivity contribution < 1.29 is 4.79 Å². The van der Waals surface area contributed by atoms with E-state index in [1.807, 2.05) is 29.2 Å². The standard InChI is InChI=1S/C18H15ClN4O/c19-16-4-1-13(2-5-16)14-7-9-22(10-8-14)18(24)15-3-6-17-21-20-12-23(17)11-15/h1-7,11-12H,8-10H2. The number of nitrogens with zero attached hydrogens (tertiary/aromatic N) is 4. The van der Waals surface area contributed by atoms with Gasteiger partial charge in [-0.3, -0.25) is 9.20 Å². The lowest BCUT2D eigenvalue weighted by Crippen LogP contribution is -2.34. The van der Waals surface area contributed by atoms with Gasteiger partial charge in [0.15, 0.2) is 5.65 Å². The van der Waals surface area contributed by atoms with Crippen molar-refractivity contribution in [2.24, 2.45) is 0 Å². The predicted octanol–water partition coefficient (Wildman–Crippen LogP) is 3.31. The zero-order valence-corrected chi connectivity index (χ0v) is 13.6. The van der Waals surface area contributed by atoms with E-state index in [9.17, 15) is 4.79 Å². The Balaban J connectivity index is 1.51. The fraction of sp³-hybridized carbons (Fsp3) is 0.167. The van der Waals surface area contributed by atoms with E-state index in [-0.39, 0.29) is 5.91 Å². The minimum absolute atomic E-state index is 0.0250. The minimum Gasteiger partial charge on any atom is -0.335 e. The number of pyridine rings is 1. The molecule has 1 amide bonds. The number of halogens is 1. The highest BCUT2D eigenvalue weighted by Gasteiger charge is 2.19. The van der Waals surface area contributed by atoms with Gasteiger partial charge in [0.05, 0.1) is 5.56 Å². The fourth-order valence-electron chi connectivity index (χ4n) is 2.92. The van der Waals surface area contributed by atoms with Crippen molar-refractivity contribution in [1.29, 1.82) is 0 Å². The molecule has 4 rings (SSSR count). The zero-order valence-electron chi connectivity index (χ0n) is 12.9. The number of amides is 1. The minimum atomic E-state index is 0.0250. The van der Waals surface area contributed by atoms with Crippen molar-refractivity contribution in [3.05, 3.63) is 71.1 Å². The summed E-state index contributed by atoms with van der Waals surface area (Å²) < 4.78 is 1.76. The summed E-state index contributed by atoms with van der Waals surface area (Å²) in [6.07, 6.45) is 6.32. The first kappa shape index (κ1) is 14.9. The topological polar surface area (TPSA) is 50.5 Å². The molecule has 3 heterocycles. The first-order chi connectivity index (χ1) is 11.7. The lowest BCUT2D eigenvalue weighted by Gasteiger charge is -2.26. The highest BCUT2D eigenvalue weighted by Crippen LogP contribution is 2.24. The molecule has 24 heavy (non-hydrogen) atoms. The van der Waals surface area contributed by atoms with Crippen molar-refractivity contribution in [2.75, 3.05) is 13.1 Å². The molecule has 6 heteroatoms. The Morgan fingerprint density at radius 1 is 1.12 bits per heavy atom. The van der Waals surface area contributed by atoms with Crippen LogP contribution in [0.15, 0.2) is 55.0 Å². The van der Waals surface area contributed by atoms with Crippen LogP contribution in [0, 0.1) is 0 Å². The summed E-state index contributed by atoms with van der Waals surface area (Å²) in [5.74, 6) is 0.0250. The third-order valence-corrected chi connectivity index (χ3v) is 4.50. The monoisotopic (exact) mass is 338 g/mol. The molecule has 0 saturated heterocycles. The van der Waals surface area contributed by atoms with Crippen LogP contribution in [0.25, 0.3) is 11.2 Å². The summed E-state index contributed by atoms with van der Waals surface area (Å²) in [5.41, 5.74) is 3.79. The smallest absolute Gasteiger partial charge is 0.255 e. The van der Waals surface area contributed by atoms with E-state index in [2.05, 4.69) is 16.3 Å². The lowest BCUT2D eigenvalue weighted by molar-refractivity contribution is 0.0772. The Bertz CT molecular complexity index is 930. The van der Waals surface area contributed by atoms with E-state index < -0.39 is 0 Å². The Hall–Kier alpha value is -2.66. The van der Waals surface area contributed by atoms with Crippen molar-refractivity contribution in [3.63, 3.8) is 0 Å². The molecule has 2 aromatic heterocycles. The molecule has 5 nitrogen and oxygen atoms in total. The second-order valence-electron chi connectivity index (χ2n) is 5.75. The van der Waals surface area contributed by atoms with Gasteiger partial charge in [0.25, 0.3) is 5.91 Å². The van der Waals surface area contributed by atoms with Crippen LogP contribution < -0.4 is 0 Å². The van der Waals surface area contributed by atoms with Crippen LogP contribution >= 0.6 is 11.6 Å². The van der Waals surface area contributed by atoms with Gasteiger partial charge in [-0.1, -0.05) is 29.8 Å². The highest BCUT2D eigenvalue weighted by atomic mass is 35.5. The number of carbonyl (C=O) groups is 1. The Morgan fingerprint density at radius 3 is 2.71 bits per heavy atom. The summed E-state index contributed by atoms with van der Waals surface area (Å²) in [6, 6.07) is 11.4. The molecule has 0 spiro atoms. The van der Waals surface area contributed by atoms with Gasteiger partial charge in [0.1, 0.15) is 6.33 Å². The zero-order chi connectivity index (χ0) is 16.5. The largest absolute Gasteiger partial charge is 0.335 e.